The largest absolute Gasteiger partial charge is 0.380 e. The molecule has 1 saturated carbocycles. The van der Waals surface area contributed by atoms with Gasteiger partial charge in [-0.2, -0.15) is 0 Å². The Morgan fingerprint density at radius 1 is 1.53 bits per heavy atom. The fourth-order valence-corrected chi connectivity index (χ4v) is 2.71. The number of methoxy groups -OCH3 is 1. The lowest BCUT2D eigenvalue weighted by Gasteiger charge is -2.22. The molecule has 2 atom stereocenters. The Morgan fingerprint density at radius 2 is 2.24 bits per heavy atom. The topological polar surface area (TPSA) is 35.2 Å². The van der Waals surface area contributed by atoms with Crippen molar-refractivity contribution in [2.75, 3.05) is 7.11 Å². The summed E-state index contributed by atoms with van der Waals surface area (Å²) in [4.78, 5) is 0. The number of hydrogen-bond acceptors (Lipinski definition) is 2. The predicted molar refractivity (Wildman–Crippen MR) is 69.3 cm³/mol. The maximum atomic E-state index is 13.0. The molecular weight excluding hydrogens is 285 g/mol. The highest BCUT2D eigenvalue weighted by Gasteiger charge is 2.35. The molecule has 1 aromatic carbocycles. The van der Waals surface area contributed by atoms with Crippen LogP contribution in [-0.2, 0) is 11.2 Å². The zero-order chi connectivity index (χ0) is 12.4. The van der Waals surface area contributed by atoms with E-state index in [9.17, 15) is 4.39 Å². The molecule has 0 aliphatic heterocycles. The van der Waals surface area contributed by atoms with E-state index in [4.69, 9.17) is 10.5 Å². The zero-order valence-corrected chi connectivity index (χ0v) is 11.4. The van der Waals surface area contributed by atoms with Crippen LogP contribution in [0.5, 0.6) is 0 Å². The summed E-state index contributed by atoms with van der Waals surface area (Å²) >= 11 is 3.36. The van der Waals surface area contributed by atoms with Crippen LogP contribution >= 0.6 is 15.9 Å². The highest BCUT2D eigenvalue weighted by Crippen LogP contribution is 2.36. The molecule has 1 aromatic rings. The lowest BCUT2D eigenvalue weighted by Crippen LogP contribution is -2.39. The first kappa shape index (κ1) is 13.0. The molecule has 1 aliphatic rings. The predicted octanol–water partition coefficient (Wildman–Crippen LogP) is 2.88. The van der Waals surface area contributed by atoms with Gasteiger partial charge in [-0.3, -0.25) is 0 Å². The maximum absolute atomic E-state index is 13.0. The van der Waals surface area contributed by atoms with Crippen molar-refractivity contribution in [3.05, 3.63) is 34.1 Å². The third kappa shape index (κ3) is 3.27. The van der Waals surface area contributed by atoms with E-state index in [0.717, 1.165) is 10.0 Å². The third-order valence-corrected chi connectivity index (χ3v) is 3.99. The van der Waals surface area contributed by atoms with Crippen LogP contribution in [-0.4, -0.2) is 19.3 Å². The average molecular weight is 302 g/mol. The molecule has 94 valence electrons. The fourth-order valence-electron chi connectivity index (χ4n) is 2.20. The van der Waals surface area contributed by atoms with E-state index in [1.807, 2.05) is 0 Å². The van der Waals surface area contributed by atoms with Crippen LogP contribution in [0.4, 0.5) is 4.39 Å². The van der Waals surface area contributed by atoms with Crippen molar-refractivity contribution in [2.45, 2.75) is 31.4 Å². The van der Waals surface area contributed by atoms with Crippen LogP contribution < -0.4 is 5.73 Å². The van der Waals surface area contributed by atoms with Gasteiger partial charge in [-0.05, 0) is 42.9 Å². The van der Waals surface area contributed by atoms with Crippen LogP contribution in [0.25, 0.3) is 0 Å². The molecule has 0 saturated heterocycles. The average Bonchev–Trinajstić information content (AvgIpc) is 3.08. The number of benzene rings is 1. The van der Waals surface area contributed by atoms with E-state index in [1.165, 1.54) is 25.0 Å². The maximum Gasteiger partial charge on any atom is 0.124 e. The van der Waals surface area contributed by atoms with Crippen LogP contribution in [0.2, 0.25) is 0 Å². The van der Waals surface area contributed by atoms with Crippen LogP contribution in [0, 0.1) is 11.7 Å². The summed E-state index contributed by atoms with van der Waals surface area (Å²) in [5, 5.41) is 0. The number of hydrogen-bond donors (Lipinski definition) is 1. The van der Waals surface area contributed by atoms with Crippen molar-refractivity contribution >= 4 is 15.9 Å². The first-order valence-corrected chi connectivity index (χ1v) is 6.63. The molecule has 2 unspecified atom stereocenters. The molecular formula is C13H17BrFNO. The monoisotopic (exact) mass is 301 g/mol. The van der Waals surface area contributed by atoms with Gasteiger partial charge in [0, 0.05) is 17.6 Å². The number of rotatable bonds is 5. The van der Waals surface area contributed by atoms with Crippen molar-refractivity contribution in [2.24, 2.45) is 11.7 Å². The van der Waals surface area contributed by atoms with Gasteiger partial charge in [0.15, 0.2) is 0 Å². The Morgan fingerprint density at radius 3 is 2.76 bits per heavy atom. The van der Waals surface area contributed by atoms with E-state index in [2.05, 4.69) is 15.9 Å². The minimum atomic E-state index is -0.236. The summed E-state index contributed by atoms with van der Waals surface area (Å²) in [5.41, 5.74) is 7.20. The van der Waals surface area contributed by atoms with Gasteiger partial charge < -0.3 is 10.5 Å². The number of halogens is 2. The third-order valence-electron chi connectivity index (χ3n) is 3.25. The molecule has 0 bridgehead atoms. The quantitative estimate of drug-likeness (QED) is 0.907. The summed E-state index contributed by atoms with van der Waals surface area (Å²) < 4.78 is 19.2. The van der Waals surface area contributed by atoms with Gasteiger partial charge >= 0.3 is 0 Å². The van der Waals surface area contributed by atoms with E-state index in [-0.39, 0.29) is 18.0 Å². The molecule has 2 nitrogen and oxygen atoms in total. The minimum absolute atomic E-state index is 0.0331. The van der Waals surface area contributed by atoms with Crippen molar-refractivity contribution in [3.8, 4) is 0 Å². The van der Waals surface area contributed by atoms with Crippen LogP contribution in [0.3, 0.4) is 0 Å². The first-order chi connectivity index (χ1) is 8.11. The van der Waals surface area contributed by atoms with Gasteiger partial charge in [-0.15, -0.1) is 0 Å². The zero-order valence-electron chi connectivity index (χ0n) is 9.83. The van der Waals surface area contributed by atoms with E-state index in [1.54, 1.807) is 13.2 Å². The van der Waals surface area contributed by atoms with Gasteiger partial charge in [0.05, 0.1) is 6.10 Å². The Labute approximate surface area is 109 Å². The van der Waals surface area contributed by atoms with Gasteiger partial charge in [-0.1, -0.05) is 22.0 Å². The first-order valence-electron chi connectivity index (χ1n) is 5.84. The highest BCUT2D eigenvalue weighted by molar-refractivity contribution is 9.10. The van der Waals surface area contributed by atoms with Gasteiger partial charge in [0.2, 0.25) is 0 Å². The SMILES string of the molecule is COC(C(N)Cc1ccc(F)cc1Br)C1CC1. The standard InChI is InChI=1S/C13H17BrFNO/c1-17-13(8-2-3-8)12(16)6-9-4-5-10(15)7-11(9)14/h4-5,7-8,12-13H,2-3,6,16H2,1H3. The van der Waals surface area contributed by atoms with E-state index < -0.39 is 0 Å². The minimum Gasteiger partial charge on any atom is -0.380 e. The second-order valence-electron chi connectivity index (χ2n) is 4.64. The molecule has 2 N–H and O–H groups in total. The van der Waals surface area contributed by atoms with Crippen molar-refractivity contribution in [1.29, 1.82) is 0 Å². The van der Waals surface area contributed by atoms with Gasteiger partial charge in [0.25, 0.3) is 0 Å². The second kappa shape index (κ2) is 5.46. The van der Waals surface area contributed by atoms with Crippen LogP contribution in [0.1, 0.15) is 18.4 Å². The van der Waals surface area contributed by atoms with Crippen LogP contribution in [0.15, 0.2) is 22.7 Å². The molecule has 0 amide bonds. The molecule has 17 heavy (non-hydrogen) atoms. The normalized spacial score (nSPS) is 19.1. The van der Waals surface area contributed by atoms with Gasteiger partial charge in [0.1, 0.15) is 5.82 Å². The molecule has 0 heterocycles. The summed E-state index contributed by atoms with van der Waals surface area (Å²) in [6, 6.07) is 4.68. The van der Waals surface area contributed by atoms with Crippen molar-refractivity contribution < 1.29 is 9.13 Å². The molecule has 0 spiro atoms. The molecule has 2 rings (SSSR count). The Bertz CT molecular complexity index is 395. The molecule has 1 fully saturated rings. The molecule has 0 aromatic heterocycles. The second-order valence-corrected chi connectivity index (χ2v) is 5.50. The van der Waals surface area contributed by atoms with Crippen molar-refractivity contribution in [1.82, 2.24) is 0 Å². The van der Waals surface area contributed by atoms with Gasteiger partial charge in [-0.25, -0.2) is 4.39 Å². The highest BCUT2D eigenvalue weighted by atomic mass is 79.9. The fraction of sp³-hybridized carbons (Fsp3) is 0.538. The van der Waals surface area contributed by atoms with Crippen molar-refractivity contribution in [3.63, 3.8) is 0 Å². The van der Waals surface area contributed by atoms with E-state index >= 15 is 0 Å². The molecule has 0 radical (unpaired) electrons. The number of ether oxygens (including phenoxy) is 1. The Balaban J connectivity index is 2.03. The summed E-state index contributed by atoms with van der Waals surface area (Å²) in [6.45, 7) is 0. The van der Waals surface area contributed by atoms with E-state index in [0.29, 0.717) is 12.3 Å². The Hall–Kier alpha value is -0.450. The number of nitrogens with two attached hydrogens (primary N) is 1. The Kier molecular flexibility index (Phi) is 4.17. The molecule has 4 heteroatoms. The lowest BCUT2D eigenvalue weighted by atomic mass is 9.99. The summed E-state index contributed by atoms with van der Waals surface area (Å²) in [7, 11) is 1.71. The summed E-state index contributed by atoms with van der Waals surface area (Å²) in [5.74, 6) is 0.369. The molecule has 1 aliphatic carbocycles. The summed E-state index contributed by atoms with van der Waals surface area (Å²) in [6.07, 6.45) is 3.23. The lowest BCUT2D eigenvalue weighted by molar-refractivity contribution is 0.0626. The smallest absolute Gasteiger partial charge is 0.124 e.